The van der Waals surface area contributed by atoms with Crippen LogP contribution in [0, 0.1) is 0 Å². The molecule has 0 unspecified atom stereocenters. The molecule has 0 aliphatic heterocycles. The molecule has 0 fully saturated rings. The second-order valence-corrected chi connectivity index (χ2v) is 12.4. The minimum absolute atomic E-state index is 0.531. The fourth-order valence-electron chi connectivity index (χ4n) is 6.89. The molecular weight excluding hydrogens is 615 g/mol. The van der Waals surface area contributed by atoms with Crippen molar-refractivity contribution in [3.63, 3.8) is 0 Å². The van der Waals surface area contributed by atoms with Gasteiger partial charge in [-0.1, -0.05) is 140 Å². The van der Waals surface area contributed by atoms with Gasteiger partial charge in [-0.15, -0.1) is 0 Å². The Morgan fingerprint density at radius 3 is 1.16 bits per heavy atom. The van der Waals surface area contributed by atoms with E-state index in [0.29, 0.717) is 17.5 Å². The first-order chi connectivity index (χ1) is 24.8. The second kappa shape index (κ2) is 11.4. The van der Waals surface area contributed by atoms with E-state index in [4.69, 9.17) is 23.8 Å². The Labute approximate surface area is 287 Å². The number of para-hydroxylation sites is 4. The van der Waals surface area contributed by atoms with Gasteiger partial charge in [0.2, 0.25) is 0 Å². The number of rotatable bonds is 5. The highest BCUT2D eigenvalue weighted by Gasteiger charge is 2.20. The summed E-state index contributed by atoms with van der Waals surface area (Å²) in [5.74, 6) is 1.63. The largest absolute Gasteiger partial charge is 0.455 e. The molecule has 10 aromatic rings. The summed E-state index contributed by atoms with van der Waals surface area (Å²) in [6.07, 6.45) is 0. The van der Waals surface area contributed by atoms with Gasteiger partial charge in [-0.05, 0) is 46.5 Å². The van der Waals surface area contributed by atoms with Gasteiger partial charge in [-0.3, -0.25) is 0 Å². The molecule has 5 heteroatoms. The maximum atomic E-state index is 6.42. The lowest BCUT2D eigenvalue weighted by molar-refractivity contribution is 0.669. The Balaban J connectivity index is 1.12. The second-order valence-electron chi connectivity index (χ2n) is 12.4. The maximum absolute atomic E-state index is 6.42. The number of fused-ring (bicyclic) bond motifs is 6. The first-order valence-corrected chi connectivity index (χ1v) is 16.6. The van der Waals surface area contributed by atoms with Gasteiger partial charge in [-0.25, -0.2) is 15.0 Å². The molecule has 3 heterocycles. The van der Waals surface area contributed by atoms with Crippen LogP contribution in [0.25, 0.3) is 100 Å². The zero-order valence-corrected chi connectivity index (χ0v) is 26.7. The van der Waals surface area contributed by atoms with Gasteiger partial charge in [0.25, 0.3) is 0 Å². The maximum Gasteiger partial charge on any atom is 0.167 e. The summed E-state index contributed by atoms with van der Waals surface area (Å²) in [5, 5.41) is 4.14. The Morgan fingerprint density at radius 2 is 0.660 bits per heavy atom. The van der Waals surface area contributed by atoms with Gasteiger partial charge in [0.1, 0.15) is 22.3 Å². The lowest BCUT2D eigenvalue weighted by atomic mass is 9.99. The molecule has 0 spiro atoms. The summed E-state index contributed by atoms with van der Waals surface area (Å²) in [4.78, 5) is 15.3. The predicted molar refractivity (Wildman–Crippen MR) is 202 cm³/mol. The van der Waals surface area contributed by atoms with Gasteiger partial charge in [0.05, 0.1) is 11.1 Å². The first-order valence-electron chi connectivity index (χ1n) is 16.6. The highest BCUT2D eigenvalue weighted by molar-refractivity contribution is 6.10. The number of furan rings is 2. The standard InChI is InChI=1S/C45H27N3O2/c1-2-10-28(11-3-1)29-20-22-30(23-21-29)31-24-26-32(27-25-31)43-46-44(37-16-8-14-35-33-12-4-6-18-39(33)49-41(35)37)48-45(47-43)38-17-9-15-36-34-13-5-7-19-40(34)50-42(36)38/h1-27H. The van der Waals surface area contributed by atoms with E-state index in [9.17, 15) is 0 Å². The SMILES string of the molecule is c1ccc(-c2ccc(-c3ccc(-c4nc(-c5cccc6c5oc5ccccc56)nc(-c5cccc6c5oc5ccccc56)n4)cc3)cc2)cc1. The van der Waals surface area contributed by atoms with Gasteiger partial charge >= 0.3 is 0 Å². The average Bonchev–Trinajstić information content (AvgIpc) is 3.77. The number of benzene rings is 7. The Morgan fingerprint density at radius 1 is 0.280 bits per heavy atom. The first kappa shape index (κ1) is 28.2. The van der Waals surface area contributed by atoms with Crippen molar-refractivity contribution in [2.24, 2.45) is 0 Å². The molecular formula is C45H27N3O2. The van der Waals surface area contributed by atoms with Gasteiger partial charge in [0.15, 0.2) is 17.5 Å². The van der Waals surface area contributed by atoms with Crippen molar-refractivity contribution in [3.05, 3.63) is 164 Å². The smallest absolute Gasteiger partial charge is 0.167 e. The zero-order valence-electron chi connectivity index (χ0n) is 26.7. The quantitative estimate of drug-likeness (QED) is 0.187. The van der Waals surface area contributed by atoms with Crippen LogP contribution in [0.15, 0.2) is 173 Å². The van der Waals surface area contributed by atoms with Crippen LogP contribution in [0.5, 0.6) is 0 Å². The molecule has 0 amide bonds. The molecule has 3 aromatic heterocycles. The van der Waals surface area contributed by atoms with Crippen molar-refractivity contribution in [1.29, 1.82) is 0 Å². The van der Waals surface area contributed by atoms with Crippen molar-refractivity contribution in [2.45, 2.75) is 0 Å². The van der Waals surface area contributed by atoms with E-state index in [0.717, 1.165) is 71.7 Å². The van der Waals surface area contributed by atoms with Crippen LogP contribution in [-0.4, -0.2) is 15.0 Å². The summed E-state index contributed by atoms with van der Waals surface area (Å²) in [7, 11) is 0. The van der Waals surface area contributed by atoms with Gasteiger partial charge < -0.3 is 8.83 Å². The molecule has 0 saturated heterocycles. The average molecular weight is 642 g/mol. The summed E-state index contributed by atoms with van der Waals surface area (Å²) in [5.41, 5.74) is 10.3. The highest BCUT2D eigenvalue weighted by Crippen LogP contribution is 2.38. The third-order valence-electron chi connectivity index (χ3n) is 9.39. The van der Waals surface area contributed by atoms with E-state index in [1.54, 1.807) is 0 Å². The molecule has 0 bridgehead atoms. The molecule has 0 aliphatic carbocycles. The summed E-state index contributed by atoms with van der Waals surface area (Å²) < 4.78 is 12.8. The van der Waals surface area contributed by atoms with E-state index in [1.807, 2.05) is 66.7 Å². The van der Waals surface area contributed by atoms with Crippen LogP contribution >= 0.6 is 0 Å². The lowest BCUT2D eigenvalue weighted by Gasteiger charge is -2.10. The van der Waals surface area contributed by atoms with Crippen molar-refractivity contribution >= 4 is 43.9 Å². The molecule has 5 nitrogen and oxygen atoms in total. The van der Waals surface area contributed by atoms with Crippen molar-refractivity contribution in [1.82, 2.24) is 15.0 Å². The Hall–Kier alpha value is -6.85. The molecule has 10 rings (SSSR count). The normalized spacial score (nSPS) is 11.6. The van der Waals surface area contributed by atoms with Crippen molar-refractivity contribution in [3.8, 4) is 56.4 Å². The molecule has 7 aromatic carbocycles. The van der Waals surface area contributed by atoms with Gasteiger partial charge in [0, 0.05) is 27.1 Å². The Bertz CT molecular complexity index is 2720. The van der Waals surface area contributed by atoms with Crippen molar-refractivity contribution in [2.75, 3.05) is 0 Å². The molecule has 50 heavy (non-hydrogen) atoms. The number of nitrogens with zero attached hydrogens (tertiary/aromatic N) is 3. The molecule has 0 aliphatic rings. The van der Waals surface area contributed by atoms with Crippen LogP contribution in [0.3, 0.4) is 0 Å². The monoisotopic (exact) mass is 641 g/mol. The minimum atomic E-state index is 0.531. The van der Waals surface area contributed by atoms with Crippen molar-refractivity contribution < 1.29 is 8.83 Å². The minimum Gasteiger partial charge on any atom is -0.455 e. The van der Waals surface area contributed by atoms with Crippen LogP contribution < -0.4 is 0 Å². The number of hydrogen-bond donors (Lipinski definition) is 0. The molecule has 0 atom stereocenters. The summed E-state index contributed by atoms with van der Waals surface area (Å²) in [6, 6.07) is 55.9. The fraction of sp³-hybridized carbons (Fsp3) is 0. The van der Waals surface area contributed by atoms with Gasteiger partial charge in [-0.2, -0.15) is 0 Å². The van der Waals surface area contributed by atoms with E-state index in [1.165, 1.54) is 11.1 Å². The Kier molecular flexibility index (Phi) is 6.42. The molecule has 0 N–H and O–H groups in total. The van der Waals surface area contributed by atoms with Crippen LogP contribution in [-0.2, 0) is 0 Å². The zero-order chi connectivity index (χ0) is 33.0. The molecule has 0 radical (unpaired) electrons. The topological polar surface area (TPSA) is 65.0 Å². The summed E-state index contributed by atoms with van der Waals surface area (Å²) in [6.45, 7) is 0. The number of hydrogen-bond acceptors (Lipinski definition) is 5. The van der Waals surface area contributed by atoms with E-state index < -0.39 is 0 Å². The summed E-state index contributed by atoms with van der Waals surface area (Å²) >= 11 is 0. The van der Waals surface area contributed by atoms with Crippen LogP contribution in [0.4, 0.5) is 0 Å². The molecule has 234 valence electrons. The van der Waals surface area contributed by atoms with Crippen LogP contribution in [0.1, 0.15) is 0 Å². The third kappa shape index (κ3) is 4.67. The number of aromatic nitrogens is 3. The predicted octanol–water partition coefficient (Wildman–Crippen LogP) is 12.0. The highest BCUT2D eigenvalue weighted by atomic mass is 16.3. The van der Waals surface area contributed by atoms with E-state index in [-0.39, 0.29) is 0 Å². The third-order valence-corrected chi connectivity index (χ3v) is 9.39. The van der Waals surface area contributed by atoms with E-state index >= 15 is 0 Å². The van der Waals surface area contributed by atoms with Crippen LogP contribution in [0.2, 0.25) is 0 Å². The fourth-order valence-corrected chi connectivity index (χ4v) is 6.89. The van der Waals surface area contributed by atoms with E-state index in [2.05, 4.69) is 97.1 Å². The lowest BCUT2D eigenvalue weighted by Crippen LogP contribution is -2.00. The molecule has 0 saturated carbocycles.